The van der Waals surface area contributed by atoms with Crippen molar-refractivity contribution in [1.29, 1.82) is 0 Å². The van der Waals surface area contributed by atoms with Crippen LogP contribution in [0, 0.1) is 0 Å². The number of hydrogen-bond donors (Lipinski definition) is 1. The fourth-order valence-electron chi connectivity index (χ4n) is 1.40. The van der Waals surface area contributed by atoms with E-state index in [1.54, 1.807) is 0 Å². The van der Waals surface area contributed by atoms with Crippen LogP contribution in [0.4, 0.5) is 8.78 Å². The van der Waals surface area contributed by atoms with Crippen LogP contribution in [0.25, 0.3) is 0 Å². The van der Waals surface area contributed by atoms with Gasteiger partial charge in [0.05, 0.1) is 6.54 Å². The van der Waals surface area contributed by atoms with Gasteiger partial charge in [-0.15, -0.1) is 0 Å². The van der Waals surface area contributed by atoms with Crippen LogP contribution >= 0.6 is 0 Å². The van der Waals surface area contributed by atoms with Crippen molar-refractivity contribution in [3.05, 3.63) is 0 Å². The summed E-state index contributed by atoms with van der Waals surface area (Å²) in [6, 6.07) is 0.291. The van der Waals surface area contributed by atoms with Crippen molar-refractivity contribution in [3.8, 4) is 0 Å². The molecule has 1 nitrogen and oxygen atoms in total. The van der Waals surface area contributed by atoms with E-state index in [4.69, 9.17) is 0 Å². The molecule has 0 radical (unpaired) electrons. The SMILES string of the molecule is CCCCC(CCC)NCC(F)F. The Labute approximate surface area is 79.9 Å². The molecule has 0 heterocycles. The fourth-order valence-corrected chi connectivity index (χ4v) is 1.40. The van der Waals surface area contributed by atoms with Crippen LogP contribution in [-0.2, 0) is 0 Å². The van der Waals surface area contributed by atoms with Crippen LogP contribution < -0.4 is 5.32 Å². The normalized spacial score (nSPS) is 13.6. The van der Waals surface area contributed by atoms with E-state index in [0.29, 0.717) is 6.04 Å². The van der Waals surface area contributed by atoms with Crippen molar-refractivity contribution >= 4 is 0 Å². The molecule has 1 unspecified atom stereocenters. The monoisotopic (exact) mass is 193 g/mol. The lowest BCUT2D eigenvalue weighted by atomic mass is 10.1. The third kappa shape index (κ3) is 8.16. The number of halogens is 2. The van der Waals surface area contributed by atoms with Gasteiger partial charge in [-0.05, 0) is 12.8 Å². The predicted octanol–water partition coefficient (Wildman–Crippen LogP) is 3.20. The van der Waals surface area contributed by atoms with Crippen LogP contribution in [0.2, 0.25) is 0 Å². The summed E-state index contributed by atoms with van der Waals surface area (Å²) in [4.78, 5) is 0. The molecule has 0 aromatic carbocycles. The van der Waals surface area contributed by atoms with E-state index in [0.717, 1.165) is 32.1 Å². The summed E-state index contributed by atoms with van der Waals surface area (Å²) in [7, 11) is 0. The highest BCUT2D eigenvalue weighted by Crippen LogP contribution is 2.07. The summed E-state index contributed by atoms with van der Waals surface area (Å²) >= 11 is 0. The Morgan fingerprint density at radius 2 is 1.77 bits per heavy atom. The predicted molar refractivity (Wildman–Crippen MR) is 52.2 cm³/mol. The van der Waals surface area contributed by atoms with Gasteiger partial charge in [-0.25, -0.2) is 8.78 Å². The minimum atomic E-state index is -2.22. The zero-order valence-corrected chi connectivity index (χ0v) is 8.65. The Kier molecular flexibility index (Phi) is 8.30. The molecule has 1 N–H and O–H groups in total. The molecule has 3 heteroatoms. The maximum absolute atomic E-state index is 11.9. The molecule has 0 saturated heterocycles. The number of hydrogen-bond acceptors (Lipinski definition) is 1. The van der Waals surface area contributed by atoms with E-state index in [1.807, 2.05) is 0 Å². The molecule has 0 aliphatic heterocycles. The highest BCUT2D eigenvalue weighted by molar-refractivity contribution is 4.66. The van der Waals surface area contributed by atoms with Crippen molar-refractivity contribution < 1.29 is 8.78 Å². The Bertz CT molecular complexity index is 107. The second-order valence-corrected chi connectivity index (χ2v) is 3.43. The van der Waals surface area contributed by atoms with Gasteiger partial charge in [0, 0.05) is 6.04 Å². The van der Waals surface area contributed by atoms with Gasteiger partial charge in [-0.1, -0.05) is 33.1 Å². The van der Waals surface area contributed by atoms with Gasteiger partial charge in [-0.2, -0.15) is 0 Å². The quantitative estimate of drug-likeness (QED) is 0.624. The van der Waals surface area contributed by atoms with Gasteiger partial charge in [0.1, 0.15) is 0 Å². The Morgan fingerprint density at radius 1 is 1.08 bits per heavy atom. The first-order valence-corrected chi connectivity index (χ1v) is 5.22. The first-order chi connectivity index (χ1) is 6.20. The van der Waals surface area contributed by atoms with Gasteiger partial charge in [0.15, 0.2) is 0 Å². The number of unbranched alkanes of at least 4 members (excludes halogenated alkanes) is 1. The minimum absolute atomic E-state index is 0.158. The summed E-state index contributed by atoms with van der Waals surface area (Å²) in [5.41, 5.74) is 0. The summed E-state index contributed by atoms with van der Waals surface area (Å²) in [5, 5.41) is 2.90. The van der Waals surface area contributed by atoms with E-state index in [1.165, 1.54) is 0 Å². The van der Waals surface area contributed by atoms with Crippen molar-refractivity contribution in [3.63, 3.8) is 0 Å². The Hall–Kier alpha value is -0.180. The van der Waals surface area contributed by atoms with Crippen molar-refractivity contribution in [2.75, 3.05) is 6.54 Å². The first kappa shape index (κ1) is 12.8. The zero-order valence-electron chi connectivity index (χ0n) is 8.65. The Balaban J connectivity index is 3.53. The molecule has 80 valence electrons. The van der Waals surface area contributed by atoms with Crippen molar-refractivity contribution in [2.24, 2.45) is 0 Å². The van der Waals surface area contributed by atoms with Gasteiger partial charge < -0.3 is 5.32 Å². The molecule has 1 atom stereocenters. The van der Waals surface area contributed by atoms with E-state index in [9.17, 15) is 8.78 Å². The Morgan fingerprint density at radius 3 is 2.23 bits per heavy atom. The molecule has 0 bridgehead atoms. The van der Waals surface area contributed by atoms with Crippen LogP contribution in [-0.4, -0.2) is 19.0 Å². The molecule has 0 aliphatic rings. The van der Waals surface area contributed by atoms with Crippen LogP contribution in [0.15, 0.2) is 0 Å². The van der Waals surface area contributed by atoms with Gasteiger partial charge in [0.2, 0.25) is 0 Å². The largest absolute Gasteiger partial charge is 0.309 e. The van der Waals surface area contributed by atoms with Gasteiger partial charge in [-0.3, -0.25) is 0 Å². The maximum atomic E-state index is 11.9. The highest BCUT2D eigenvalue weighted by Gasteiger charge is 2.09. The summed E-state index contributed by atoms with van der Waals surface area (Å²) in [6.07, 6.45) is 3.13. The fraction of sp³-hybridized carbons (Fsp3) is 1.00. The van der Waals surface area contributed by atoms with Crippen molar-refractivity contribution in [1.82, 2.24) is 5.32 Å². The molecule has 0 aromatic rings. The van der Waals surface area contributed by atoms with Gasteiger partial charge >= 0.3 is 0 Å². The van der Waals surface area contributed by atoms with Crippen LogP contribution in [0.5, 0.6) is 0 Å². The smallest absolute Gasteiger partial charge is 0.250 e. The lowest BCUT2D eigenvalue weighted by molar-refractivity contribution is 0.139. The topological polar surface area (TPSA) is 12.0 Å². The van der Waals surface area contributed by atoms with E-state index in [2.05, 4.69) is 19.2 Å². The molecule has 0 spiro atoms. The molecule has 0 rings (SSSR count). The zero-order chi connectivity index (χ0) is 10.1. The molecule has 0 amide bonds. The van der Waals surface area contributed by atoms with E-state index >= 15 is 0 Å². The minimum Gasteiger partial charge on any atom is -0.309 e. The van der Waals surface area contributed by atoms with E-state index < -0.39 is 6.43 Å². The lowest BCUT2D eigenvalue weighted by Gasteiger charge is -2.17. The van der Waals surface area contributed by atoms with Crippen molar-refractivity contribution in [2.45, 2.75) is 58.4 Å². The average molecular weight is 193 g/mol. The first-order valence-electron chi connectivity index (χ1n) is 5.22. The molecular formula is C10H21F2N. The molecule has 0 aliphatic carbocycles. The third-order valence-electron chi connectivity index (χ3n) is 2.10. The van der Waals surface area contributed by atoms with E-state index in [-0.39, 0.29) is 6.54 Å². The van der Waals surface area contributed by atoms with Crippen LogP contribution in [0.1, 0.15) is 46.0 Å². The standard InChI is InChI=1S/C10H21F2N/c1-3-5-7-9(6-4-2)13-8-10(11)12/h9-10,13H,3-8H2,1-2H3. The highest BCUT2D eigenvalue weighted by atomic mass is 19.3. The van der Waals surface area contributed by atoms with Gasteiger partial charge in [0.25, 0.3) is 6.43 Å². The molecule has 0 saturated carbocycles. The number of nitrogens with one attached hydrogen (secondary N) is 1. The molecule has 0 fully saturated rings. The third-order valence-corrected chi connectivity index (χ3v) is 2.10. The summed E-state index contributed by atoms with van der Waals surface area (Å²) in [5.74, 6) is 0. The molecule has 0 aromatic heterocycles. The van der Waals surface area contributed by atoms with Crippen LogP contribution in [0.3, 0.4) is 0 Å². The average Bonchev–Trinajstić information content (AvgIpc) is 2.09. The second-order valence-electron chi connectivity index (χ2n) is 3.43. The molecular weight excluding hydrogens is 172 g/mol. The number of rotatable bonds is 8. The number of alkyl halides is 2. The maximum Gasteiger partial charge on any atom is 0.250 e. The second kappa shape index (κ2) is 8.42. The summed E-state index contributed by atoms with van der Waals surface area (Å²) < 4.78 is 23.8. The lowest BCUT2D eigenvalue weighted by Crippen LogP contribution is -2.32. The molecule has 13 heavy (non-hydrogen) atoms. The summed E-state index contributed by atoms with van der Waals surface area (Å²) in [6.45, 7) is 4.05.